The average Bonchev–Trinajstić information content (AvgIpc) is 3.39. The van der Waals surface area contributed by atoms with Crippen molar-refractivity contribution >= 4 is 33.7 Å². The van der Waals surface area contributed by atoms with Crippen LogP contribution in [0.1, 0.15) is 5.82 Å². The second kappa shape index (κ2) is 7.14. The molecule has 0 aliphatic heterocycles. The zero-order valence-corrected chi connectivity index (χ0v) is 16.9. The highest BCUT2D eigenvalue weighted by Crippen LogP contribution is 2.32. The Morgan fingerprint density at radius 2 is 1.86 bits per heavy atom. The Morgan fingerprint density at radius 1 is 0.966 bits per heavy atom. The van der Waals surface area contributed by atoms with E-state index in [1.54, 1.807) is 17.7 Å². The van der Waals surface area contributed by atoms with Gasteiger partial charge in [-0.2, -0.15) is 11.3 Å². The van der Waals surface area contributed by atoms with Crippen LogP contribution in [0.15, 0.2) is 71.8 Å². The minimum atomic E-state index is 0.797. The number of aryl methyl sites for hydroxylation is 1. The predicted octanol–water partition coefficient (Wildman–Crippen LogP) is 5.81. The van der Waals surface area contributed by atoms with Gasteiger partial charge in [-0.25, -0.2) is 15.0 Å². The minimum absolute atomic E-state index is 0.797. The molecule has 0 saturated carbocycles. The van der Waals surface area contributed by atoms with E-state index in [1.165, 1.54) is 5.56 Å². The van der Waals surface area contributed by atoms with Crippen molar-refractivity contribution in [2.24, 2.45) is 7.05 Å². The summed E-state index contributed by atoms with van der Waals surface area (Å²) in [6.07, 6.45) is 3.52. The second-order valence-electron chi connectivity index (χ2n) is 6.89. The summed E-state index contributed by atoms with van der Waals surface area (Å²) in [6.45, 7) is 2.00. The number of nitrogens with zero attached hydrogens (tertiary/aromatic N) is 4. The van der Waals surface area contributed by atoms with Crippen molar-refractivity contribution in [2.75, 3.05) is 5.32 Å². The average molecular weight is 398 g/mol. The molecule has 5 rings (SSSR count). The molecule has 29 heavy (non-hydrogen) atoms. The Morgan fingerprint density at radius 3 is 2.66 bits per heavy atom. The molecule has 3 heterocycles. The van der Waals surface area contributed by atoms with Gasteiger partial charge < -0.3 is 9.88 Å². The number of fused-ring (bicyclic) bond motifs is 1. The van der Waals surface area contributed by atoms with Gasteiger partial charge in [-0.1, -0.05) is 24.3 Å². The number of hydrogen-bond acceptors (Lipinski definition) is 5. The van der Waals surface area contributed by atoms with E-state index in [9.17, 15) is 0 Å². The van der Waals surface area contributed by atoms with Crippen LogP contribution in [0.4, 0.5) is 11.5 Å². The molecule has 0 bridgehead atoms. The molecular formula is C23H19N5S. The van der Waals surface area contributed by atoms with Gasteiger partial charge in [-0.3, -0.25) is 0 Å². The lowest BCUT2D eigenvalue weighted by molar-refractivity contribution is 0.865. The predicted molar refractivity (Wildman–Crippen MR) is 120 cm³/mol. The van der Waals surface area contributed by atoms with E-state index >= 15 is 0 Å². The highest BCUT2D eigenvalue weighted by Gasteiger charge is 2.11. The fourth-order valence-electron chi connectivity index (χ4n) is 3.50. The van der Waals surface area contributed by atoms with Gasteiger partial charge in [0.25, 0.3) is 0 Å². The summed E-state index contributed by atoms with van der Waals surface area (Å²) in [5.41, 5.74) is 6.41. The molecule has 1 N–H and O–H groups in total. The van der Waals surface area contributed by atoms with Crippen LogP contribution < -0.4 is 5.32 Å². The lowest BCUT2D eigenvalue weighted by atomic mass is 10.1. The van der Waals surface area contributed by atoms with E-state index in [0.29, 0.717) is 0 Å². The fourth-order valence-corrected chi connectivity index (χ4v) is 4.16. The van der Waals surface area contributed by atoms with Crippen molar-refractivity contribution in [3.63, 3.8) is 0 Å². The van der Waals surface area contributed by atoms with Crippen LogP contribution in [-0.4, -0.2) is 19.5 Å². The number of para-hydroxylation sites is 1. The summed E-state index contributed by atoms with van der Waals surface area (Å²) < 4.78 is 2.09. The van der Waals surface area contributed by atoms with Gasteiger partial charge in [-0.15, -0.1) is 0 Å². The monoisotopic (exact) mass is 397 g/mol. The van der Waals surface area contributed by atoms with Crippen molar-refractivity contribution in [3.8, 4) is 22.4 Å². The summed E-state index contributed by atoms with van der Waals surface area (Å²) in [4.78, 5) is 13.5. The zero-order valence-electron chi connectivity index (χ0n) is 16.1. The topological polar surface area (TPSA) is 55.6 Å². The van der Waals surface area contributed by atoms with Gasteiger partial charge in [0, 0.05) is 29.2 Å². The van der Waals surface area contributed by atoms with Crippen LogP contribution in [0.3, 0.4) is 0 Å². The molecule has 6 heteroatoms. The van der Waals surface area contributed by atoms with Crippen molar-refractivity contribution in [1.29, 1.82) is 0 Å². The molecule has 0 aliphatic carbocycles. The molecule has 0 atom stereocenters. The first-order valence-electron chi connectivity index (χ1n) is 9.33. The van der Waals surface area contributed by atoms with E-state index in [1.807, 2.05) is 32.3 Å². The summed E-state index contributed by atoms with van der Waals surface area (Å²) in [7, 11) is 2.03. The maximum absolute atomic E-state index is 4.56. The van der Waals surface area contributed by atoms with Gasteiger partial charge >= 0.3 is 0 Å². The number of benzene rings is 2. The first-order chi connectivity index (χ1) is 14.2. The lowest BCUT2D eigenvalue weighted by Gasteiger charge is -2.12. The molecule has 0 radical (unpaired) electrons. The van der Waals surface area contributed by atoms with Crippen molar-refractivity contribution in [1.82, 2.24) is 19.5 Å². The standard InChI is InChI=1S/C23H19N5S/c1-15-24-12-21(28(15)2)16-5-3-6-18(11-16)27-23-20-8-4-7-19(17-9-10-29-13-17)22(20)25-14-26-23/h3-14H,1-2H3,(H,25,26,27). The molecule has 0 fully saturated rings. The SMILES string of the molecule is Cc1ncc(-c2cccc(Nc3ncnc4c(-c5ccsc5)cccc34)c2)n1C. The highest BCUT2D eigenvalue weighted by molar-refractivity contribution is 7.08. The Balaban J connectivity index is 1.55. The minimum Gasteiger partial charge on any atom is -0.340 e. The summed E-state index contributed by atoms with van der Waals surface area (Å²) in [5.74, 6) is 1.78. The van der Waals surface area contributed by atoms with Crippen LogP contribution in [-0.2, 0) is 7.05 Å². The third-order valence-electron chi connectivity index (χ3n) is 5.14. The molecule has 3 aromatic heterocycles. The molecule has 0 amide bonds. The van der Waals surface area contributed by atoms with E-state index in [-0.39, 0.29) is 0 Å². The van der Waals surface area contributed by atoms with Gasteiger partial charge in [-0.05, 0) is 47.5 Å². The largest absolute Gasteiger partial charge is 0.340 e. The van der Waals surface area contributed by atoms with Crippen molar-refractivity contribution in [2.45, 2.75) is 6.92 Å². The smallest absolute Gasteiger partial charge is 0.141 e. The van der Waals surface area contributed by atoms with Gasteiger partial charge in [0.1, 0.15) is 18.0 Å². The second-order valence-corrected chi connectivity index (χ2v) is 7.67. The maximum Gasteiger partial charge on any atom is 0.141 e. The van der Waals surface area contributed by atoms with E-state index in [4.69, 9.17) is 0 Å². The quantitative estimate of drug-likeness (QED) is 0.416. The number of aromatic nitrogens is 4. The third-order valence-corrected chi connectivity index (χ3v) is 5.82. The van der Waals surface area contributed by atoms with Gasteiger partial charge in [0.15, 0.2) is 0 Å². The van der Waals surface area contributed by atoms with Gasteiger partial charge in [0.2, 0.25) is 0 Å². The first-order valence-corrected chi connectivity index (χ1v) is 10.3. The van der Waals surface area contributed by atoms with E-state index in [0.717, 1.165) is 45.1 Å². The molecule has 0 spiro atoms. The Hall–Kier alpha value is -3.51. The first kappa shape index (κ1) is 17.6. The van der Waals surface area contributed by atoms with E-state index in [2.05, 4.69) is 72.0 Å². The molecule has 5 aromatic rings. The van der Waals surface area contributed by atoms with Crippen LogP contribution in [0.2, 0.25) is 0 Å². The highest BCUT2D eigenvalue weighted by atomic mass is 32.1. The van der Waals surface area contributed by atoms with Crippen LogP contribution in [0, 0.1) is 6.92 Å². The van der Waals surface area contributed by atoms with Crippen LogP contribution in [0.5, 0.6) is 0 Å². The number of imidazole rings is 1. The third kappa shape index (κ3) is 3.17. The molecule has 0 aliphatic rings. The summed E-state index contributed by atoms with van der Waals surface area (Å²) in [6, 6.07) is 16.6. The molecule has 0 unspecified atom stereocenters. The van der Waals surface area contributed by atoms with E-state index < -0.39 is 0 Å². The van der Waals surface area contributed by atoms with Crippen LogP contribution in [0.25, 0.3) is 33.3 Å². The normalized spacial score (nSPS) is 11.1. The Bertz CT molecular complexity index is 1300. The molecule has 142 valence electrons. The molecule has 0 saturated heterocycles. The summed E-state index contributed by atoms with van der Waals surface area (Å²) in [5, 5.41) is 8.70. The van der Waals surface area contributed by atoms with Crippen LogP contribution >= 0.6 is 11.3 Å². The number of hydrogen-bond donors (Lipinski definition) is 1. The molecular weight excluding hydrogens is 378 g/mol. The Kier molecular flexibility index (Phi) is 4.33. The van der Waals surface area contributed by atoms with Crippen molar-refractivity contribution in [3.05, 3.63) is 77.6 Å². The zero-order chi connectivity index (χ0) is 19.8. The fraction of sp³-hybridized carbons (Fsp3) is 0.0870. The number of nitrogens with one attached hydrogen (secondary N) is 1. The Labute approximate surface area is 172 Å². The van der Waals surface area contributed by atoms with Gasteiger partial charge in [0.05, 0.1) is 17.4 Å². The maximum atomic E-state index is 4.56. The number of anilines is 2. The summed E-state index contributed by atoms with van der Waals surface area (Å²) >= 11 is 1.69. The number of thiophene rings is 1. The molecule has 5 nitrogen and oxygen atoms in total. The van der Waals surface area contributed by atoms with Crippen molar-refractivity contribution < 1.29 is 0 Å². The molecule has 2 aromatic carbocycles. The number of rotatable bonds is 4. The lowest BCUT2D eigenvalue weighted by Crippen LogP contribution is -1.98.